The molecule has 4 saturated carbocycles. The predicted molar refractivity (Wildman–Crippen MR) is 95.1 cm³/mol. The fourth-order valence-corrected chi connectivity index (χ4v) is 6.06. The van der Waals surface area contributed by atoms with Crippen LogP contribution in [0, 0.1) is 37.5 Å². The van der Waals surface area contributed by atoms with Crippen molar-refractivity contribution < 1.29 is 18.7 Å². The monoisotopic (exact) mass is 352 g/mol. The van der Waals surface area contributed by atoms with E-state index >= 15 is 0 Å². The molecule has 0 unspecified atom stereocenters. The van der Waals surface area contributed by atoms with Crippen molar-refractivity contribution in [2.75, 3.05) is 0 Å². The third-order valence-electron chi connectivity index (χ3n) is 6.86. The van der Waals surface area contributed by atoms with Crippen LogP contribution in [0.3, 0.4) is 0 Å². The number of carbonyl (C=O) groups is 2. The smallest absolute Gasteiger partial charge is 0.346 e. The first kappa shape index (κ1) is 16.1. The summed E-state index contributed by atoms with van der Waals surface area (Å²) in [4.78, 5) is 24.9. The standard InChI is InChI=1S/C22H24O4/c1-11-5-15(12(2)25-11)3-4-18-20(22(24)26-21(18)23)19-16-7-13-6-14(9-16)10-17(19)8-13/h4-5,13-14,16-17H,3,6-10H2,1-2H3/b18-4+,20-19?. The van der Waals surface area contributed by atoms with E-state index < -0.39 is 11.9 Å². The third kappa shape index (κ3) is 2.42. The lowest BCUT2D eigenvalue weighted by Gasteiger charge is -2.51. The highest BCUT2D eigenvalue weighted by Gasteiger charge is 2.49. The molecule has 1 aromatic heterocycles. The van der Waals surface area contributed by atoms with E-state index in [0.29, 0.717) is 29.4 Å². The Labute approximate surface area is 153 Å². The van der Waals surface area contributed by atoms with E-state index in [1.807, 2.05) is 26.0 Å². The van der Waals surface area contributed by atoms with Crippen LogP contribution in [0.5, 0.6) is 0 Å². The normalized spacial score (nSPS) is 34.3. The molecule has 1 aromatic rings. The van der Waals surface area contributed by atoms with Crippen molar-refractivity contribution in [2.45, 2.75) is 52.4 Å². The average molecular weight is 352 g/mol. The number of hydrogen-bond donors (Lipinski definition) is 0. The van der Waals surface area contributed by atoms with E-state index in [1.54, 1.807) is 0 Å². The quantitative estimate of drug-likeness (QED) is 0.455. The number of cyclic esters (lactones) is 2. The van der Waals surface area contributed by atoms with E-state index in [1.165, 1.54) is 37.7 Å². The molecule has 0 N–H and O–H groups in total. The summed E-state index contributed by atoms with van der Waals surface area (Å²) in [7, 11) is 0. The Bertz CT molecular complexity index is 837. The summed E-state index contributed by atoms with van der Waals surface area (Å²) in [5.41, 5.74) is 3.37. The molecule has 0 radical (unpaired) electrons. The fraction of sp³-hybridized carbons (Fsp3) is 0.545. The number of esters is 2. The molecule has 2 heterocycles. The lowest BCUT2D eigenvalue weighted by atomic mass is 9.53. The maximum Gasteiger partial charge on any atom is 0.346 e. The Morgan fingerprint density at radius 2 is 1.65 bits per heavy atom. The second-order valence-corrected chi connectivity index (χ2v) is 8.57. The van der Waals surface area contributed by atoms with Gasteiger partial charge in [-0.2, -0.15) is 0 Å². The number of rotatable bonds is 2. The maximum absolute atomic E-state index is 12.5. The summed E-state index contributed by atoms with van der Waals surface area (Å²) < 4.78 is 10.6. The van der Waals surface area contributed by atoms with Gasteiger partial charge in [0.2, 0.25) is 0 Å². The van der Waals surface area contributed by atoms with Gasteiger partial charge in [0.15, 0.2) is 0 Å². The van der Waals surface area contributed by atoms with E-state index in [2.05, 4.69) is 0 Å². The van der Waals surface area contributed by atoms with Crippen molar-refractivity contribution >= 4 is 11.9 Å². The van der Waals surface area contributed by atoms with Crippen LogP contribution in [0.1, 0.15) is 49.2 Å². The van der Waals surface area contributed by atoms with Crippen molar-refractivity contribution in [1.82, 2.24) is 0 Å². The van der Waals surface area contributed by atoms with Crippen LogP contribution in [0.25, 0.3) is 0 Å². The minimum Gasteiger partial charge on any atom is -0.466 e. The molecule has 4 bridgehead atoms. The van der Waals surface area contributed by atoms with Gasteiger partial charge in [-0.15, -0.1) is 0 Å². The van der Waals surface area contributed by atoms with Crippen molar-refractivity contribution in [3.8, 4) is 0 Å². The largest absolute Gasteiger partial charge is 0.466 e. The van der Waals surface area contributed by atoms with Crippen LogP contribution in [-0.2, 0) is 20.7 Å². The van der Waals surface area contributed by atoms with Gasteiger partial charge < -0.3 is 9.15 Å². The summed E-state index contributed by atoms with van der Waals surface area (Å²) in [6.45, 7) is 3.84. The van der Waals surface area contributed by atoms with Crippen molar-refractivity contribution in [2.24, 2.45) is 23.7 Å². The number of aryl methyl sites for hydroxylation is 2. The van der Waals surface area contributed by atoms with E-state index in [0.717, 1.165) is 28.9 Å². The Hall–Kier alpha value is -2.10. The highest BCUT2D eigenvalue weighted by molar-refractivity contribution is 6.18. The van der Waals surface area contributed by atoms with Gasteiger partial charge in [-0.1, -0.05) is 6.08 Å². The minimum absolute atomic E-state index is 0.427. The predicted octanol–water partition coefficient (Wildman–Crippen LogP) is 4.20. The zero-order chi connectivity index (χ0) is 18.0. The summed E-state index contributed by atoms with van der Waals surface area (Å²) in [6.07, 6.45) is 8.54. The average Bonchev–Trinajstić information content (AvgIpc) is 3.03. The van der Waals surface area contributed by atoms with Gasteiger partial charge in [0.1, 0.15) is 11.5 Å². The Kier molecular flexibility index (Phi) is 3.53. The third-order valence-corrected chi connectivity index (χ3v) is 6.86. The summed E-state index contributed by atoms with van der Waals surface area (Å²) >= 11 is 0. The summed E-state index contributed by atoms with van der Waals surface area (Å²) in [5, 5.41) is 0. The Morgan fingerprint density at radius 3 is 2.23 bits per heavy atom. The molecule has 5 aliphatic rings. The van der Waals surface area contributed by atoms with Gasteiger partial charge in [-0.25, -0.2) is 9.59 Å². The van der Waals surface area contributed by atoms with Crippen LogP contribution in [-0.4, -0.2) is 11.9 Å². The summed E-state index contributed by atoms with van der Waals surface area (Å²) in [5.74, 6) is 3.40. The first-order chi connectivity index (χ1) is 12.5. The van der Waals surface area contributed by atoms with Crippen molar-refractivity contribution in [3.63, 3.8) is 0 Å². The van der Waals surface area contributed by atoms with E-state index in [4.69, 9.17) is 9.15 Å². The molecular formula is C22H24O4. The molecule has 6 rings (SSSR count). The van der Waals surface area contributed by atoms with Crippen LogP contribution >= 0.6 is 0 Å². The second kappa shape index (κ2) is 5.70. The number of hydrogen-bond acceptors (Lipinski definition) is 4. The molecule has 4 nitrogen and oxygen atoms in total. The Balaban J connectivity index is 1.54. The van der Waals surface area contributed by atoms with E-state index in [9.17, 15) is 9.59 Å². The van der Waals surface area contributed by atoms with Gasteiger partial charge in [-0.3, -0.25) is 0 Å². The zero-order valence-electron chi connectivity index (χ0n) is 15.3. The zero-order valence-corrected chi connectivity index (χ0v) is 15.3. The van der Waals surface area contributed by atoms with Gasteiger partial charge in [0.05, 0.1) is 11.1 Å². The summed E-state index contributed by atoms with van der Waals surface area (Å²) in [6, 6.07) is 1.99. The molecule has 0 aromatic carbocycles. The number of ether oxygens (including phenoxy) is 1. The highest BCUT2D eigenvalue weighted by atomic mass is 16.6. The molecule has 0 amide bonds. The molecular weight excluding hydrogens is 328 g/mol. The van der Waals surface area contributed by atoms with Gasteiger partial charge >= 0.3 is 11.9 Å². The lowest BCUT2D eigenvalue weighted by molar-refractivity contribution is -0.149. The SMILES string of the molecule is Cc1cc(C/C=C2/C(=O)OC(=O)C2=C2C3CC4CC(C3)CC2C4)c(C)o1. The number of furan rings is 1. The molecule has 136 valence electrons. The van der Waals surface area contributed by atoms with E-state index in [-0.39, 0.29) is 0 Å². The molecule has 0 atom stereocenters. The molecule has 4 aliphatic carbocycles. The van der Waals surface area contributed by atoms with Crippen LogP contribution in [0.2, 0.25) is 0 Å². The van der Waals surface area contributed by atoms with Gasteiger partial charge in [0, 0.05) is 0 Å². The fourth-order valence-electron chi connectivity index (χ4n) is 6.06. The molecule has 4 heteroatoms. The lowest BCUT2D eigenvalue weighted by Crippen LogP contribution is -2.41. The van der Waals surface area contributed by atoms with Crippen molar-refractivity contribution in [3.05, 3.63) is 45.9 Å². The Morgan fingerprint density at radius 1 is 1.00 bits per heavy atom. The number of carbonyl (C=O) groups excluding carboxylic acids is 2. The molecule has 5 fully saturated rings. The van der Waals surface area contributed by atoms with Gasteiger partial charge in [-0.05, 0) is 93.2 Å². The molecule has 1 saturated heterocycles. The first-order valence-electron chi connectivity index (χ1n) is 9.76. The van der Waals surface area contributed by atoms with Gasteiger partial charge in [0.25, 0.3) is 0 Å². The van der Waals surface area contributed by atoms with Crippen LogP contribution in [0.4, 0.5) is 0 Å². The molecule has 1 aliphatic heterocycles. The second-order valence-electron chi connectivity index (χ2n) is 8.57. The maximum atomic E-state index is 12.5. The van der Waals surface area contributed by atoms with Crippen LogP contribution < -0.4 is 0 Å². The molecule has 0 spiro atoms. The number of allylic oxidation sites excluding steroid dienone is 2. The topological polar surface area (TPSA) is 56.5 Å². The van der Waals surface area contributed by atoms with Crippen LogP contribution in [0.15, 0.2) is 33.3 Å². The van der Waals surface area contributed by atoms with Crippen molar-refractivity contribution in [1.29, 1.82) is 0 Å². The minimum atomic E-state index is -0.482. The molecule has 26 heavy (non-hydrogen) atoms. The first-order valence-corrected chi connectivity index (χ1v) is 9.76. The highest BCUT2D eigenvalue weighted by Crippen LogP contribution is 2.58.